The third-order valence-corrected chi connectivity index (χ3v) is 5.82. The predicted octanol–water partition coefficient (Wildman–Crippen LogP) is 5.77. The molecule has 0 bridgehead atoms. The first kappa shape index (κ1) is 18.9. The van der Waals surface area contributed by atoms with Crippen molar-refractivity contribution in [3.63, 3.8) is 0 Å². The molecule has 0 radical (unpaired) electrons. The van der Waals surface area contributed by atoms with Gasteiger partial charge in [-0.25, -0.2) is 4.79 Å². The first-order chi connectivity index (χ1) is 12.4. The minimum absolute atomic E-state index is 0.271. The van der Waals surface area contributed by atoms with E-state index in [9.17, 15) is 4.79 Å². The molecular weight excluding hydrogens is 342 g/mol. The molecule has 0 fully saturated rings. The molecule has 1 aromatic carbocycles. The Balaban J connectivity index is 1.98. The van der Waals surface area contributed by atoms with Gasteiger partial charge in [0, 0.05) is 28.9 Å². The molecule has 1 atom stereocenters. The van der Waals surface area contributed by atoms with Crippen LogP contribution >= 0.6 is 11.3 Å². The van der Waals surface area contributed by atoms with Crippen LogP contribution in [0.4, 0.5) is 0 Å². The summed E-state index contributed by atoms with van der Waals surface area (Å²) in [6.45, 7) is 11.5. The molecule has 0 amide bonds. The number of rotatable bonds is 6. The van der Waals surface area contributed by atoms with E-state index in [1.807, 2.05) is 6.07 Å². The summed E-state index contributed by atoms with van der Waals surface area (Å²) < 4.78 is 5.46. The Morgan fingerprint density at radius 3 is 2.54 bits per heavy atom. The number of aryl methyl sites for hydroxylation is 1. The Labute approximate surface area is 159 Å². The number of benzene rings is 1. The molecule has 0 saturated carbocycles. The molecule has 4 heteroatoms. The van der Waals surface area contributed by atoms with Crippen LogP contribution in [0.5, 0.6) is 0 Å². The lowest BCUT2D eigenvalue weighted by atomic mass is 9.94. The zero-order valence-electron chi connectivity index (χ0n) is 16.1. The Hall–Kier alpha value is -1.91. The summed E-state index contributed by atoms with van der Waals surface area (Å²) in [5, 5.41) is 6.79. The highest BCUT2D eigenvalue weighted by Gasteiger charge is 2.17. The van der Waals surface area contributed by atoms with Crippen LogP contribution < -0.4 is 10.9 Å². The summed E-state index contributed by atoms with van der Waals surface area (Å²) >= 11 is 1.77. The standard InChI is InChI=1S/C22H27NO2S/c1-13(2)17-11-18-16(10-21(24)25-19(18)9-15(17)5)12-23-22(14(3)4)20-7-6-8-26-20/h6-11,13-14,22-23H,12H2,1-5H3/t22-/m1/s1. The molecule has 1 N–H and O–H groups in total. The van der Waals surface area contributed by atoms with Gasteiger partial charge in [0.1, 0.15) is 5.58 Å². The van der Waals surface area contributed by atoms with Crippen LogP contribution in [0, 0.1) is 12.8 Å². The molecule has 0 saturated heterocycles. The van der Waals surface area contributed by atoms with E-state index in [2.05, 4.69) is 63.5 Å². The fourth-order valence-corrected chi connectivity index (χ4v) is 4.49. The lowest BCUT2D eigenvalue weighted by Gasteiger charge is -2.22. The summed E-state index contributed by atoms with van der Waals surface area (Å²) in [4.78, 5) is 13.4. The fourth-order valence-electron chi connectivity index (χ4n) is 3.51. The van der Waals surface area contributed by atoms with Crippen molar-refractivity contribution in [2.24, 2.45) is 5.92 Å². The molecular formula is C22H27NO2S. The zero-order chi connectivity index (χ0) is 18.8. The number of thiophene rings is 1. The fraction of sp³-hybridized carbons (Fsp3) is 0.409. The van der Waals surface area contributed by atoms with Crippen molar-refractivity contribution in [3.05, 3.63) is 67.7 Å². The Bertz CT molecular complexity index is 939. The molecule has 3 rings (SSSR count). The zero-order valence-corrected chi connectivity index (χ0v) is 16.9. The second-order valence-corrected chi connectivity index (χ2v) is 8.55. The van der Waals surface area contributed by atoms with E-state index in [4.69, 9.17) is 4.42 Å². The van der Waals surface area contributed by atoms with E-state index in [1.165, 1.54) is 16.0 Å². The molecule has 0 spiro atoms. The van der Waals surface area contributed by atoms with Gasteiger partial charge in [-0.3, -0.25) is 0 Å². The van der Waals surface area contributed by atoms with Crippen LogP contribution in [0.2, 0.25) is 0 Å². The van der Waals surface area contributed by atoms with Crippen LogP contribution in [-0.2, 0) is 6.54 Å². The van der Waals surface area contributed by atoms with E-state index >= 15 is 0 Å². The molecule has 0 aliphatic heterocycles. The molecule has 26 heavy (non-hydrogen) atoms. The lowest BCUT2D eigenvalue weighted by Crippen LogP contribution is -2.25. The van der Waals surface area contributed by atoms with Crippen LogP contribution in [0.15, 0.2) is 44.9 Å². The maximum Gasteiger partial charge on any atom is 0.336 e. The molecule has 3 aromatic rings. The Kier molecular flexibility index (Phi) is 5.64. The smallest absolute Gasteiger partial charge is 0.336 e. The van der Waals surface area contributed by atoms with Gasteiger partial charge in [-0.15, -0.1) is 11.3 Å². The largest absolute Gasteiger partial charge is 0.423 e. The van der Waals surface area contributed by atoms with Gasteiger partial charge >= 0.3 is 5.63 Å². The van der Waals surface area contributed by atoms with Crippen molar-refractivity contribution >= 4 is 22.3 Å². The number of fused-ring (bicyclic) bond motifs is 1. The van der Waals surface area contributed by atoms with Crippen molar-refractivity contribution in [2.45, 2.75) is 53.1 Å². The predicted molar refractivity (Wildman–Crippen MR) is 110 cm³/mol. The van der Waals surface area contributed by atoms with E-state index in [-0.39, 0.29) is 11.7 Å². The van der Waals surface area contributed by atoms with Gasteiger partial charge in [-0.05, 0) is 59.0 Å². The second kappa shape index (κ2) is 7.77. The highest BCUT2D eigenvalue weighted by atomic mass is 32.1. The van der Waals surface area contributed by atoms with Crippen LogP contribution in [0.3, 0.4) is 0 Å². The lowest BCUT2D eigenvalue weighted by molar-refractivity contribution is 0.416. The molecule has 138 valence electrons. The van der Waals surface area contributed by atoms with Crippen LogP contribution in [-0.4, -0.2) is 0 Å². The summed E-state index contributed by atoms with van der Waals surface area (Å²) in [5.41, 5.74) is 3.85. The first-order valence-electron chi connectivity index (χ1n) is 9.21. The second-order valence-electron chi connectivity index (χ2n) is 7.57. The van der Waals surface area contributed by atoms with E-state index < -0.39 is 0 Å². The number of hydrogen-bond acceptors (Lipinski definition) is 4. The van der Waals surface area contributed by atoms with Crippen molar-refractivity contribution in [1.29, 1.82) is 0 Å². The van der Waals surface area contributed by atoms with Gasteiger partial charge in [0.15, 0.2) is 0 Å². The SMILES string of the molecule is Cc1cc2oc(=O)cc(CN[C@@H](c3cccs3)C(C)C)c2cc1C(C)C. The van der Waals surface area contributed by atoms with E-state index in [1.54, 1.807) is 17.4 Å². The van der Waals surface area contributed by atoms with Crippen LogP contribution in [0.1, 0.15) is 61.2 Å². The quantitative estimate of drug-likeness (QED) is 0.561. The van der Waals surface area contributed by atoms with E-state index in [0.29, 0.717) is 24.0 Å². The van der Waals surface area contributed by atoms with Gasteiger partial charge in [-0.2, -0.15) is 0 Å². The summed E-state index contributed by atoms with van der Waals surface area (Å²) in [6.07, 6.45) is 0. The first-order valence-corrected chi connectivity index (χ1v) is 10.1. The summed E-state index contributed by atoms with van der Waals surface area (Å²) in [5.74, 6) is 0.898. The van der Waals surface area contributed by atoms with Gasteiger partial charge in [0.2, 0.25) is 0 Å². The Morgan fingerprint density at radius 1 is 1.15 bits per heavy atom. The minimum atomic E-state index is -0.289. The average Bonchev–Trinajstić information content (AvgIpc) is 3.07. The highest BCUT2D eigenvalue weighted by Crippen LogP contribution is 2.29. The number of hydrogen-bond donors (Lipinski definition) is 1. The maximum atomic E-state index is 12.0. The normalized spacial score (nSPS) is 13.0. The number of nitrogens with one attached hydrogen (secondary N) is 1. The summed E-state index contributed by atoms with van der Waals surface area (Å²) in [7, 11) is 0. The third kappa shape index (κ3) is 3.92. The molecule has 2 heterocycles. The molecule has 2 aromatic heterocycles. The Morgan fingerprint density at radius 2 is 1.92 bits per heavy atom. The molecule has 0 unspecified atom stereocenters. The van der Waals surface area contributed by atoms with Crippen molar-refractivity contribution in [1.82, 2.24) is 5.32 Å². The monoisotopic (exact) mass is 369 g/mol. The maximum absolute atomic E-state index is 12.0. The molecule has 3 nitrogen and oxygen atoms in total. The van der Waals surface area contributed by atoms with Gasteiger partial charge < -0.3 is 9.73 Å². The van der Waals surface area contributed by atoms with Crippen molar-refractivity contribution < 1.29 is 4.42 Å². The van der Waals surface area contributed by atoms with Crippen LogP contribution in [0.25, 0.3) is 11.0 Å². The topological polar surface area (TPSA) is 42.2 Å². The van der Waals surface area contributed by atoms with Gasteiger partial charge in [-0.1, -0.05) is 33.8 Å². The highest BCUT2D eigenvalue weighted by molar-refractivity contribution is 7.10. The van der Waals surface area contributed by atoms with Crippen molar-refractivity contribution in [3.8, 4) is 0 Å². The van der Waals surface area contributed by atoms with Crippen molar-refractivity contribution in [2.75, 3.05) is 0 Å². The summed E-state index contributed by atoms with van der Waals surface area (Å²) in [6, 6.07) is 10.3. The average molecular weight is 370 g/mol. The molecule has 0 aliphatic rings. The molecule has 0 aliphatic carbocycles. The third-order valence-electron chi connectivity index (χ3n) is 4.87. The minimum Gasteiger partial charge on any atom is -0.423 e. The van der Waals surface area contributed by atoms with Gasteiger partial charge in [0.25, 0.3) is 0 Å². The van der Waals surface area contributed by atoms with E-state index in [0.717, 1.165) is 10.9 Å². The van der Waals surface area contributed by atoms with Gasteiger partial charge in [0.05, 0.1) is 0 Å².